The smallest absolute Gasteiger partial charge is 0.414 e. The molecule has 2 aromatic rings. The lowest BCUT2D eigenvalue weighted by Crippen LogP contribution is -2.47. The first-order chi connectivity index (χ1) is 14.5. The van der Waals surface area contributed by atoms with Crippen molar-refractivity contribution in [3.8, 4) is 0 Å². The van der Waals surface area contributed by atoms with Gasteiger partial charge in [0, 0.05) is 32.4 Å². The molecule has 1 atom stereocenters. The summed E-state index contributed by atoms with van der Waals surface area (Å²) >= 11 is 4.75. The fraction of sp³-hybridized carbons (Fsp3) is 0.350. The Labute approximate surface area is 179 Å². The highest BCUT2D eigenvalue weighted by Crippen LogP contribution is 2.29. The standard InChI is InChI=1S/C20H23FN6O2S/c21-17-11-15(27-13-16(29-20(27)28)12-26(22)14-30)4-5-18(17)24-7-9-25(10-8-24)19-3-1-2-6-23-19/h1-6,11,14,16H,7-10,12-13,22H2/t16-/m0/s1. The van der Waals surface area contributed by atoms with Crippen LogP contribution in [0.4, 0.5) is 26.4 Å². The molecule has 158 valence electrons. The molecule has 2 aliphatic rings. The van der Waals surface area contributed by atoms with Crippen molar-refractivity contribution in [1.82, 2.24) is 9.99 Å². The van der Waals surface area contributed by atoms with Crippen molar-refractivity contribution in [1.29, 1.82) is 0 Å². The van der Waals surface area contributed by atoms with Gasteiger partial charge < -0.3 is 19.5 Å². The van der Waals surface area contributed by atoms with E-state index in [1.54, 1.807) is 18.3 Å². The Hall–Kier alpha value is -2.98. The maximum atomic E-state index is 14.9. The molecule has 1 aromatic heterocycles. The third-order valence-corrected chi connectivity index (χ3v) is 5.53. The number of thiocarbonyl (C=S) groups is 1. The van der Waals surface area contributed by atoms with Crippen LogP contribution in [-0.4, -0.2) is 67.0 Å². The van der Waals surface area contributed by atoms with E-state index in [1.165, 1.54) is 21.5 Å². The molecule has 8 nitrogen and oxygen atoms in total. The molecule has 3 heterocycles. The highest BCUT2D eigenvalue weighted by molar-refractivity contribution is 7.78. The van der Waals surface area contributed by atoms with E-state index in [1.807, 2.05) is 23.1 Å². The number of nitrogens with zero attached hydrogens (tertiary/aromatic N) is 5. The number of piperazine rings is 1. The van der Waals surface area contributed by atoms with E-state index < -0.39 is 12.2 Å². The lowest BCUT2D eigenvalue weighted by molar-refractivity contribution is 0.127. The van der Waals surface area contributed by atoms with E-state index >= 15 is 0 Å². The fourth-order valence-electron chi connectivity index (χ4n) is 3.74. The number of carbonyl (C=O) groups excluding carboxylic acids is 1. The molecule has 0 aliphatic carbocycles. The summed E-state index contributed by atoms with van der Waals surface area (Å²) in [5.74, 6) is 6.21. The molecule has 4 rings (SSSR count). The summed E-state index contributed by atoms with van der Waals surface area (Å²) in [5.41, 5.74) is 2.28. The summed E-state index contributed by atoms with van der Waals surface area (Å²) in [7, 11) is 0. The van der Waals surface area contributed by atoms with Crippen LogP contribution in [0.1, 0.15) is 0 Å². The zero-order valence-electron chi connectivity index (χ0n) is 16.4. The number of benzene rings is 1. The van der Waals surface area contributed by atoms with Gasteiger partial charge in [-0.05, 0) is 30.3 Å². The molecule has 1 aromatic carbocycles. The number of halogens is 1. The maximum Gasteiger partial charge on any atom is 0.414 e. The molecule has 0 radical (unpaired) electrons. The van der Waals surface area contributed by atoms with Crippen LogP contribution < -0.4 is 20.5 Å². The van der Waals surface area contributed by atoms with Crippen molar-refractivity contribution in [2.75, 3.05) is 54.0 Å². The van der Waals surface area contributed by atoms with Crippen molar-refractivity contribution >= 4 is 41.0 Å². The van der Waals surface area contributed by atoms with Crippen LogP contribution in [0.3, 0.4) is 0 Å². The summed E-state index contributed by atoms with van der Waals surface area (Å²) in [5, 5.41) is 1.28. The lowest BCUT2D eigenvalue weighted by atomic mass is 10.2. The fourth-order valence-corrected chi connectivity index (χ4v) is 3.83. The Balaban J connectivity index is 1.40. The van der Waals surface area contributed by atoms with Gasteiger partial charge in [0.05, 0.1) is 30.0 Å². The molecule has 0 bridgehead atoms. The highest BCUT2D eigenvalue weighted by Gasteiger charge is 2.33. The number of cyclic esters (lactones) is 1. The van der Waals surface area contributed by atoms with Crippen LogP contribution in [0.5, 0.6) is 0 Å². The number of hydrazine groups is 1. The van der Waals surface area contributed by atoms with Gasteiger partial charge in [0.25, 0.3) is 0 Å². The number of ether oxygens (including phenoxy) is 1. The highest BCUT2D eigenvalue weighted by atomic mass is 32.1. The summed E-state index contributed by atoms with van der Waals surface area (Å²) in [6.45, 7) is 3.46. The second-order valence-corrected chi connectivity index (χ2v) is 7.43. The Morgan fingerprint density at radius 2 is 2.00 bits per heavy atom. The monoisotopic (exact) mass is 430 g/mol. The van der Waals surface area contributed by atoms with E-state index in [4.69, 9.17) is 22.8 Å². The van der Waals surface area contributed by atoms with E-state index in [-0.39, 0.29) is 18.9 Å². The molecule has 10 heteroatoms. The second-order valence-electron chi connectivity index (χ2n) is 7.22. The Bertz CT molecular complexity index is 909. The van der Waals surface area contributed by atoms with Crippen molar-refractivity contribution in [3.05, 3.63) is 48.4 Å². The van der Waals surface area contributed by atoms with Crippen LogP contribution in [0.25, 0.3) is 0 Å². The van der Waals surface area contributed by atoms with Crippen LogP contribution in [0.15, 0.2) is 42.6 Å². The second kappa shape index (κ2) is 8.80. The number of aromatic nitrogens is 1. The van der Waals surface area contributed by atoms with Gasteiger partial charge in [-0.1, -0.05) is 18.3 Å². The molecule has 2 aliphatic heterocycles. The number of nitrogens with two attached hydrogens (primary N) is 1. The van der Waals surface area contributed by atoms with Crippen LogP contribution in [0, 0.1) is 5.82 Å². The van der Waals surface area contributed by atoms with E-state index in [2.05, 4.69) is 9.88 Å². The normalized spacial score (nSPS) is 19.1. The van der Waals surface area contributed by atoms with Crippen LogP contribution in [0.2, 0.25) is 0 Å². The summed E-state index contributed by atoms with van der Waals surface area (Å²) in [6.07, 6.45) is 0.826. The molecule has 2 N–H and O–H groups in total. The van der Waals surface area contributed by atoms with Crippen LogP contribution >= 0.6 is 12.2 Å². The van der Waals surface area contributed by atoms with Gasteiger partial charge in [-0.15, -0.1) is 0 Å². The zero-order valence-corrected chi connectivity index (χ0v) is 17.2. The first kappa shape index (κ1) is 20.3. The Morgan fingerprint density at radius 3 is 2.67 bits per heavy atom. The van der Waals surface area contributed by atoms with Crippen LogP contribution in [-0.2, 0) is 4.74 Å². The number of hydrogen-bond acceptors (Lipinski definition) is 7. The molecule has 2 saturated heterocycles. The first-order valence-corrected chi connectivity index (χ1v) is 10.2. The van der Waals surface area contributed by atoms with Crippen molar-refractivity contribution < 1.29 is 13.9 Å². The number of amides is 1. The van der Waals surface area contributed by atoms with E-state index in [9.17, 15) is 9.18 Å². The zero-order chi connectivity index (χ0) is 21.1. The molecule has 0 unspecified atom stereocenters. The third-order valence-electron chi connectivity index (χ3n) is 5.26. The third kappa shape index (κ3) is 4.29. The van der Waals surface area contributed by atoms with Gasteiger partial charge in [-0.2, -0.15) is 0 Å². The predicted molar refractivity (Wildman–Crippen MR) is 117 cm³/mol. The number of hydrogen-bond donors (Lipinski definition) is 1. The largest absolute Gasteiger partial charge is 0.442 e. The summed E-state index contributed by atoms with van der Waals surface area (Å²) in [6, 6.07) is 10.7. The molecule has 0 spiro atoms. The first-order valence-electron chi connectivity index (χ1n) is 9.70. The van der Waals surface area contributed by atoms with Crippen molar-refractivity contribution in [2.24, 2.45) is 5.84 Å². The molecule has 30 heavy (non-hydrogen) atoms. The SMILES string of the molecule is NN(C=S)C[C@H]1CN(c2ccc(N3CCN(c4ccccn4)CC3)c(F)c2)C(=O)O1. The number of anilines is 3. The molecule has 0 saturated carbocycles. The average molecular weight is 431 g/mol. The summed E-state index contributed by atoms with van der Waals surface area (Å²) in [4.78, 5) is 22.2. The number of carbonyl (C=O) groups is 1. The van der Waals surface area contributed by atoms with Gasteiger partial charge in [0.15, 0.2) is 0 Å². The van der Waals surface area contributed by atoms with E-state index in [0.717, 1.165) is 18.9 Å². The molecular formula is C20H23FN6O2S. The minimum Gasteiger partial charge on any atom is -0.442 e. The van der Waals surface area contributed by atoms with Gasteiger partial charge >= 0.3 is 6.09 Å². The van der Waals surface area contributed by atoms with E-state index in [0.29, 0.717) is 24.5 Å². The topological polar surface area (TPSA) is 78.2 Å². The average Bonchev–Trinajstić information content (AvgIpc) is 3.14. The lowest BCUT2D eigenvalue weighted by Gasteiger charge is -2.37. The number of rotatable bonds is 6. The molecule has 1 amide bonds. The van der Waals surface area contributed by atoms with Crippen molar-refractivity contribution in [3.63, 3.8) is 0 Å². The summed E-state index contributed by atoms with van der Waals surface area (Å²) < 4.78 is 20.2. The molecular weight excluding hydrogens is 407 g/mol. The minimum atomic E-state index is -0.520. The maximum absolute atomic E-state index is 14.9. The van der Waals surface area contributed by atoms with Crippen molar-refractivity contribution in [2.45, 2.75) is 6.10 Å². The van der Waals surface area contributed by atoms with Gasteiger partial charge in [0.1, 0.15) is 17.7 Å². The van der Waals surface area contributed by atoms with Gasteiger partial charge in [-0.3, -0.25) is 4.90 Å². The molecule has 2 fully saturated rings. The number of pyridine rings is 1. The predicted octanol–water partition coefficient (Wildman–Crippen LogP) is 2.01. The minimum absolute atomic E-state index is 0.285. The quantitative estimate of drug-likeness (QED) is 0.424. The van der Waals surface area contributed by atoms with Gasteiger partial charge in [0.2, 0.25) is 0 Å². The van der Waals surface area contributed by atoms with Gasteiger partial charge in [-0.25, -0.2) is 20.0 Å². The Morgan fingerprint density at radius 1 is 1.23 bits per heavy atom. The Kier molecular flexibility index (Phi) is 5.96.